The molecule has 8 aromatic rings. The van der Waals surface area contributed by atoms with Gasteiger partial charge in [0, 0.05) is 45.2 Å². The molecular formula is C44H32N2. The zero-order valence-electron chi connectivity index (χ0n) is 25.7. The molecule has 2 aromatic heterocycles. The number of aromatic nitrogens is 2. The van der Waals surface area contributed by atoms with Crippen molar-refractivity contribution < 1.29 is 0 Å². The number of terminal acetylenes is 1. The SMILES string of the molecule is C#Cn1c2ccccc2c2ccc(C=Cc3ccc(-c4ccc(C=Cc5ccc6c7ccccc7n(CC)c6c5)cc4)cc3)cc21. The second-order valence-corrected chi connectivity index (χ2v) is 11.7. The number of benzene rings is 6. The summed E-state index contributed by atoms with van der Waals surface area (Å²) in [4.78, 5) is 0. The van der Waals surface area contributed by atoms with E-state index in [9.17, 15) is 0 Å². The summed E-state index contributed by atoms with van der Waals surface area (Å²) >= 11 is 0. The molecule has 2 heteroatoms. The lowest BCUT2D eigenvalue weighted by atomic mass is 10.0. The van der Waals surface area contributed by atoms with Crippen LogP contribution in [0.5, 0.6) is 0 Å². The smallest absolute Gasteiger partial charge is 0.0630 e. The van der Waals surface area contributed by atoms with E-state index >= 15 is 0 Å². The highest BCUT2D eigenvalue weighted by molar-refractivity contribution is 6.10. The molecule has 0 fully saturated rings. The Morgan fingerprint density at radius 3 is 1.48 bits per heavy atom. The maximum atomic E-state index is 5.88. The van der Waals surface area contributed by atoms with Gasteiger partial charge in [0.15, 0.2) is 0 Å². The fourth-order valence-electron chi connectivity index (χ4n) is 6.70. The average molecular weight is 589 g/mol. The van der Waals surface area contributed by atoms with Crippen LogP contribution in [0, 0.1) is 12.5 Å². The number of hydrogen-bond donors (Lipinski definition) is 0. The molecule has 0 unspecified atom stereocenters. The fraction of sp³-hybridized carbons (Fsp3) is 0.0455. The molecule has 0 radical (unpaired) electrons. The van der Waals surface area contributed by atoms with Crippen molar-refractivity contribution in [3.05, 3.63) is 156 Å². The Morgan fingerprint density at radius 2 is 0.913 bits per heavy atom. The monoisotopic (exact) mass is 588 g/mol. The van der Waals surface area contributed by atoms with E-state index in [4.69, 9.17) is 6.42 Å². The highest BCUT2D eigenvalue weighted by Crippen LogP contribution is 2.31. The molecule has 8 rings (SSSR count). The summed E-state index contributed by atoms with van der Waals surface area (Å²) in [6.07, 6.45) is 14.6. The van der Waals surface area contributed by atoms with E-state index in [1.807, 2.05) is 10.6 Å². The lowest BCUT2D eigenvalue weighted by molar-refractivity contribution is 0.827. The van der Waals surface area contributed by atoms with Crippen LogP contribution in [0.1, 0.15) is 29.2 Å². The maximum Gasteiger partial charge on any atom is 0.0630 e. The molecular weight excluding hydrogens is 556 g/mol. The molecule has 0 bridgehead atoms. The van der Waals surface area contributed by atoms with Crippen molar-refractivity contribution in [2.24, 2.45) is 0 Å². The summed E-state index contributed by atoms with van der Waals surface area (Å²) < 4.78 is 4.33. The first-order valence-electron chi connectivity index (χ1n) is 15.8. The Bertz CT molecular complexity index is 2490. The number of nitrogens with zero attached hydrogens (tertiary/aromatic N) is 2. The first kappa shape index (κ1) is 27.5. The Kier molecular flexibility index (Phi) is 6.86. The van der Waals surface area contributed by atoms with Gasteiger partial charge in [0.25, 0.3) is 0 Å². The van der Waals surface area contributed by atoms with Crippen molar-refractivity contribution >= 4 is 67.9 Å². The third-order valence-electron chi connectivity index (χ3n) is 9.03. The zero-order valence-corrected chi connectivity index (χ0v) is 25.7. The van der Waals surface area contributed by atoms with Gasteiger partial charge in [0.2, 0.25) is 0 Å². The quantitative estimate of drug-likeness (QED) is 0.135. The molecule has 2 heterocycles. The lowest BCUT2D eigenvalue weighted by Crippen LogP contribution is -1.92. The molecule has 0 N–H and O–H groups in total. The molecule has 0 aliphatic heterocycles. The van der Waals surface area contributed by atoms with Crippen molar-refractivity contribution in [3.63, 3.8) is 0 Å². The van der Waals surface area contributed by atoms with Gasteiger partial charge >= 0.3 is 0 Å². The van der Waals surface area contributed by atoms with Gasteiger partial charge in [0.05, 0.1) is 11.0 Å². The van der Waals surface area contributed by atoms with Gasteiger partial charge in [-0.15, -0.1) is 0 Å². The molecule has 6 aromatic carbocycles. The maximum absolute atomic E-state index is 5.88. The van der Waals surface area contributed by atoms with Gasteiger partial charge in [0.1, 0.15) is 0 Å². The topological polar surface area (TPSA) is 9.86 Å². The van der Waals surface area contributed by atoms with Crippen LogP contribution in [0.15, 0.2) is 133 Å². The second kappa shape index (κ2) is 11.5. The van der Waals surface area contributed by atoms with Gasteiger partial charge in [-0.2, -0.15) is 0 Å². The predicted molar refractivity (Wildman–Crippen MR) is 199 cm³/mol. The summed E-state index contributed by atoms with van der Waals surface area (Å²) in [6.45, 7) is 3.16. The number of aryl methyl sites for hydroxylation is 1. The van der Waals surface area contributed by atoms with E-state index in [1.54, 1.807) is 0 Å². The van der Waals surface area contributed by atoms with Gasteiger partial charge < -0.3 is 4.57 Å². The summed E-state index contributed by atoms with van der Waals surface area (Å²) in [5.41, 5.74) is 11.8. The second-order valence-electron chi connectivity index (χ2n) is 11.7. The highest BCUT2D eigenvalue weighted by atomic mass is 15.0. The third-order valence-corrected chi connectivity index (χ3v) is 9.03. The molecule has 0 amide bonds. The van der Waals surface area contributed by atoms with Gasteiger partial charge in [-0.05, 0) is 64.6 Å². The summed E-state index contributed by atoms with van der Waals surface area (Å²) in [7, 11) is 0. The Labute approximate surface area is 269 Å². The summed E-state index contributed by atoms with van der Waals surface area (Å²) in [6, 6.07) is 50.5. The highest BCUT2D eigenvalue weighted by Gasteiger charge is 2.10. The number of rotatable bonds is 6. The van der Waals surface area contributed by atoms with Crippen LogP contribution in [-0.4, -0.2) is 9.13 Å². The van der Waals surface area contributed by atoms with Crippen molar-refractivity contribution in [1.82, 2.24) is 9.13 Å². The zero-order chi connectivity index (χ0) is 31.0. The van der Waals surface area contributed by atoms with E-state index in [0.717, 1.165) is 28.7 Å². The normalized spacial score (nSPS) is 11.9. The van der Waals surface area contributed by atoms with Crippen LogP contribution in [0.25, 0.3) is 79.0 Å². The van der Waals surface area contributed by atoms with Gasteiger partial charge in [-0.25, -0.2) is 0 Å². The van der Waals surface area contributed by atoms with Crippen LogP contribution in [-0.2, 0) is 6.54 Å². The van der Waals surface area contributed by atoms with Crippen LogP contribution in [0.2, 0.25) is 0 Å². The van der Waals surface area contributed by atoms with Crippen LogP contribution < -0.4 is 0 Å². The van der Waals surface area contributed by atoms with E-state index in [1.165, 1.54) is 54.8 Å². The standard InChI is InChI=1S/C44H32N2/c1-3-45-41-11-7-5-9-37(41)39-27-21-33(29-43(39)45)15-13-31-17-23-35(24-18-31)36-25-19-32(20-26-36)14-16-34-22-28-40-38-10-6-8-12-42(38)46(4-2)44(40)30-34/h1,5-30H,4H2,2H3. The average Bonchev–Trinajstić information content (AvgIpc) is 3.61. The van der Waals surface area contributed by atoms with E-state index in [2.05, 4.69) is 169 Å². The summed E-state index contributed by atoms with van der Waals surface area (Å²) in [5, 5.41) is 4.98. The molecule has 0 atom stereocenters. The van der Waals surface area contributed by atoms with E-state index in [-0.39, 0.29) is 0 Å². The van der Waals surface area contributed by atoms with E-state index in [0.29, 0.717) is 0 Å². The molecule has 0 saturated carbocycles. The Morgan fingerprint density at radius 1 is 0.478 bits per heavy atom. The van der Waals surface area contributed by atoms with Gasteiger partial charge in [-0.3, -0.25) is 4.57 Å². The summed E-state index contributed by atoms with van der Waals surface area (Å²) in [5.74, 6) is 0. The first-order chi connectivity index (χ1) is 22.7. The van der Waals surface area contributed by atoms with Crippen molar-refractivity contribution in [3.8, 4) is 23.6 Å². The Balaban J connectivity index is 0.981. The van der Waals surface area contributed by atoms with Crippen molar-refractivity contribution in [2.75, 3.05) is 0 Å². The largest absolute Gasteiger partial charge is 0.341 e. The number of para-hydroxylation sites is 2. The van der Waals surface area contributed by atoms with Crippen LogP contribution in [0.4, 0.5) is 0 Å². The molecule has 0 spiro atoms. The minimum Gasteiger partial charge on any atom is -0.341 e. The molecule has 2 nitrogen and oxygen atoms in total. The minimum atomic E-state index is 0.951. The lowest BCUT2D eigenvalue weighted by Gasteiger charge is -2.04. The number of hydrogen-bond acceptors (Lipinski definition) is 0. The van der Waals surface area contributed by atoms with Crippen LogP contribution >= 0.6 is 0 Å². The predicted octanol–water partition coefficient (Wildman–Crippen LogP) is 11.4. The third kappa shape index (κ3) is 4.80. The molecule has 0 saturated heterocycles. The molecule has 46 heavy (non-hydrogen) atoms. The molecule has 0 aliphatic rings. The fourth-order valence-corrected chi connectivity index (χ4v) is 6.70. The van der Waals surface area contributed by atoms with Crippen molar-refractivity contribution in [1.29, 1.82) is 0 Å². The Hall–Kier alpha value is -6.04. The molecule has 0 aliphatic carbocycles. The number of fused-ring (bicyclic) bond motifs is 6. The molecule has 218 valence electrons. The minimum absolute atomic E-state index is 0.951. The van der Waals surface area contributed by atoms with Crippen molar-refractivity contribution in [2.45, 2.75) is 13.5 Å². The van der Waals surface area contributed by atoms with Gasteiger partial charge in [-0.1, -0.05) is 140 Å². The van der Waals surface area contributed by atoms with Crippen LogP contribution in [0.3, 0.4) is 0 Å². The van der Waals surface area contributed by atoms with E-state index < -0.39 is 0 Å². The first-order valence-corrected chi connectivity index (χ1v) is 15.8.